The van der Waals surface area contributed by atoms with Crippen LogP contribution < -0.4 is 10.6 Å². The third-order valence-corrected chi connectivity index (χ3v) is 5.75. The van der Waals surface area contributed by atoms with Gasteiger partial charge in [0.2, 0.25) is 11.8 Å². The van der Waals surface area contributed by atoms with Gasteiger partial charge in [-0.2, -0.15) is 0 Å². The summed E-state index contributed by atoms with van der Waals surface area (Å²) < 4.78 is 0. The molecule has 146 valence electrons. The maximum Gasteiger partial charge on any atom is 0.257 e. The zero-order chi connectivity index (χ0) is 19.5. The van der Waals surface area contributed by atoms with Gasteiger partial charge in [0.1, 0.15) is 6.04 Å². The molecule has 0 radical (unpaired) electrons. The summed E-state index contributed by atoms with van der Waals surface area (Å²) in [4.78, 5) is 43.3. The van der Waals surface area contributed by atoms with E-state index < -0.39 is 0 Å². The lowest BCUT2D eigenvalue weighted by Gasteiger charge is -2.23. The lowest BCUT2D eigenvalue weighted by atomic mass is 10.2. The molecule has 1 aromatic carbocycles. The van der Waals surface area contributed by atoms with Crippen molar-refractivity contribution in [3.8, 4) is 0 Å². The van der Waals surface area contributed by atoms with Gasteiger partial charge in [0.25, 0.3) is 5.91 Å². The van der Waals surface area contributed by atoms with E-state index in [1.807, 2.05) is 6.07 Å². The van der Waals surface area contributed by atoms with Crippen LogP contribution in [-0.4, -0.2) is 46.2 Å². The second-order valence-corrected chi connectivity index (χ2v) is 8.03. The van der Waals surface area contributed by atoms with Crippen molar-refractivity contribution in [1.29, 1.82) is 0 Å². The summed E-state index contributed by atoms with van der Waals surface area (Å²) in [6.45, 7) is 0.601. The largest absolute Gasteiger partial charge is 0.352 e. The second-order valence-electron chi connectivity index (χ2n) is 7.17. The highest BCUT2D eigenvalue weighted by Gasteiger charge is 2.36. The molecular weight excluding hydrogens is 376 g/mol. The van der Waals surface area contributed by atoms with E-state index in [1.54, 1.807) is 34.5 Å². The van der Waals surface area contributed by atoms with Crippen LogP contribution in [0.3, 0.4) is 0 Å². The Labute approximate surface area is 167 Å². The van der Waals surface area contributed by atoms with Gasteiger partial charge < -0.3 is 10.2 Å². The highest BCUT2D eigenvalue weighted by Crippen LogP contribution is 2.24. The number of benzene rings is 1. The summed E-state index contributed by atoms with van der Waals surface area (Å²) in [5.41, 5.74) is 1.16. The minimum absolute atomic E-state index is 0.0394. The molecule has 2 N–H and O–H groups in total. The lowest BCUT2D eigenvalue weighted by Crippen LogP contribution is -2.47. The smallest absolute Gasteiger partial charge is 0.257 e. The Bertz CT molecular complexity index is 879. The van der Waals surface area contributed by atoms with Gasteiger partial charge in [-0.1, -0.05) is 18.2 Å². The molecule has 4 rings (SSSR count). The molecule has 1 aliphatic carbocycles. The summed E-state index contributed by atoms with van der Waals surface area (Å²) >= 11 is 1.29. The number of amides is 3. The SMILES string of the molecule is O=C(Nc1nc(CC(=O)N2CCCC2C(=O)NC2CC2)cs1)c1ccccc1. The van der Waals surface area contributed by atoms with E-state index >= 15 is 0 Å². The number of aromatic nitrogens is 1. The van der Waals surface area contributed by atoms with Gasteiger partial charge in [0.15, 0.2) is 5.13 Å². The fourth-order valence-electron chi connectivity index (χ4n) is 3.32. The molecule has 2 heterocycles. The molecule has 2 aromatic rings. The summed E-state index contributed by atoms with van der Waals surface area (Å²) in [5, 5.41) is 7.98. The van der Waals surface area contributed by atoms with Crippen molar-refractivity contribution in [2.75, 3.05) is 11.9 Å². The van der Waals surface area contributed by atoms with Gasteiger partial charge in [0, 0.05) is 23.5 Å². The number of thiazole rings is 1. The molecule has 3 amide bonds. The van der Waals surface area contributed by atoms with Gasteiger partial charge >= 0.3 is 0 Å². The molecular formula is C20H22N4O3S. The van der Waals surface area contributed by atoms with Gasteiger partial charge in [-0.05, 0) is 37.8 Å². The quantitative estimate of drug-likeness (QED) is 0.780. The van der Waals surface area contributed by atoms with Crippen LogP contribution >= 0.6 is 11.3 Å². The third kappa shape index (κ3) is 4.39. The molecule has 1 unspecified atom stereocenters. The van der Waals surface area contributed by atoms with Crippen LogP contribution in [0.15, 0.2) is 35.7 Å². The van der Waals surface area contributed by atoms with Crippen molar-refractivity contribution in [3.05, 3.63) is 47.0 Å². The molecule has 1 saturated carbocycles. The summed E-state index contributed by atoms with van der Waals surface area (Å²) in [6, 6.07) is 8.82. The summed E-state index contributed by atoms with van der Waals surface area (Å²) in [6.07, 6.45) is 3.74. The Morgan fingerprint density at radius 2 is 1.93 bits per heavy atom. The Kier molecular flexibility index (Phi) is 5.38. The third-order valence-electron chi connectivity index (χ3n) is 4.94. The normalized spacial score (nSPS) is 18.7. The van der Waals surface area contributed by atoms with E-state index in [4.69, 9.17) is 0 Å². The number of nitrogens with one attached hydrogen (secondary N) is 2. The van der Waals surface area contributed by atoms with Crippen LogP contribution in [0, 0.1) is 0 Å². The van der Waals surface area contributed by atoms with Gasteiger partial charge in [-0.15, -0.1) is 11.3 Å². The fourth-order valence-corrected chi connectivity index (χ4v) is 4.03. The van der Waals surface area contributed by atoms with Crippen molar-refractivity contribution in [2.45, 2.75) is 44.2 Å². The monoisotopic (exact) mass is 398 g/mol. The van der Waals surface area contributed by atoms with Crippen LogP contribution in [0.4, 0.5) is 5.13 Å². The number of carbonyl (C=O) groups is 3. The number of hydrogen-bond acceptors (Lipinski definition) is 5. The molecule has 1 aliphatic heterocycles. The molecule has 28 heavy (non-hydrogen) atoms. The topological polar surface area (TPSA) is 91.4 Å². The highest BCUT2D eigenvalue weighted by molar-refractivity contribution is 7.14. The number of anilines is 1. The zero-order valence-electron chi connectivity index (χ0n) is 15.4. The molecule has 1 atom stereocenters. The van der Waals surface area contributed by atoms with E-state index in [9.17, 15) is 14.4 Å². The highest BCUT2D eigenvalue weighted by atomic mass is 32.1. The molecule has 1 saturated heterocycles. The first-order valence-corrected chi connectivity index (χ1v) is 10.4. The van der Waals surface area contributed by atoms with Crippen molar-refractivity contribution >= 4 is 34.2 Å². The number of carbonyl (C=O) groups excluding carboxylic acids is 3. The molecule has 1 aromatic heterocycles. The molecule has 8 heteroatoms. The lowest BCUT2D eigenvalue weighted by molar-refractivity contribution is -0.138. The number of hydrogen-bond donors (Lipinski definition) is 2. The first-order valence-electron chi connectivity index (χ1n) is 9.51. The maximum atomic E-state index is 12.7. The Morgan fingerprint density at radius 1 is 1.14 bits per heavy atom. The number of rotatable bonds is 6. The maximum absolute atomic E-state index is 12.7. The van der Waals surface area contributed by atoms with Crippen LogP contribution in [0.1, 0.15) is 41.7 Å². The van der Waals surface area contributed by atoms with Crippen molar-refractivity contribution in [2.24, 2.45) is 0 Å². The minimum Gasteiger partial charge on any atom is -0.352 e. The van der Waals surface area contributed by atoms with E-state index in [1.165, 1.54) is 11.3 Å². The second kappa shape index (κ2) is 8.10. The first-order chi connectivity index (χ1) is 13.6. The van der Waals surface area contributed by atoms with Crippen LogP contribution in [0.2, 0.25) is 0 Å². The average Bonchev–Trinajstić information content (AvgIpc) is 3.19. The average molecular weight is 398 g/mol. The van der Waals surface area contributed by atoms with Gasteiger partial charge in [-0.25, -0.2) is 4.98 Å². The zero-order valence-corrected chi connectivity index (χ0v) is 16.2. The molecule has 2 fully saturated rings. The van der Waals surface area contributed by atoms with E-state index in [-0.39, 0.29) is 30.2 Å². The summed E-state index contributed by atoms with van der Waals surface area (Å²) in [5.74, 6) is -0.369. The molecule has 2 aliphatic rings. The van der Waals surface area contributed by atoms with Gasteiger partial charge in [0.05, 0.1) is 12.1 Å². The molecule has 0 spiro atoms. The van der Waals surface area contributed by atoms with Crippen LogP contribution in [-0.2, 0) is 16.0 Å². The fraction of sp³-hybridized carbons (Fsp3) is 0.400. The Balaban J connectivity index is 1.34. The van der Waals surface area contributed by atoms with E-state index in [0.717, 1.165) is 19.3 Å². The predicted octanol–water partition coefficient (Wildman–Crippen LogP) is 2.21. The first kappa shape index (κ1) is 18.6. The van der Waals surface area contributed by atoms with Gasteiger partial charge in [-0.3, -0.25) is 19.7 Å². The van der Waals surface area contributed by atoms with E-state index in [2.05, 4.69) is 15.6 Å². The standard InChI is InChI=1S/C20H22N4O3S/c25-17(24-10-4-7-16(24)19(27)21-14-8-9-14)11-15-12-28-20(22-15)23-18(26)13-5-2-1-3-6-13/h1-3,5-6,12,14,16H,4,7-11H2,(H,21,27)(H,22,23,26). The summed E-state index contributed by atoms with van der Waals surface area (Å²) in [7, 11) is 0. The van der Waals surface area contributed by atoms with Crippen LogP contribution in [0.5, 0.6) is 0 Å². The van der Waals surface area contributed by atoms with Crippen molar-refractivity contribution < 1.29 is 14.4 Å². The minimum atomic E-state index is -0.371. The van der Waals surface area contributed by atoms with Crippen molar-refractivity contribution in [3.63, 3.8) is 0 Å². The van der Waals surface area contributed by atoms with Crippen LogP contribution in [0.25, 0.3) is 0 Å². The number of likely N-dealkylation sites (tertiary alicyclic amines) is 1. The van der Waals surface area contributed by atoms with Crippen molar-refractivity contribution in [1.82, 2.24) is 15.2 Å². The predicted molar refractivity (Wildman–Crippen MR) is 106 cm³/mol. The Morgan fingerprint density at radius 3 is 2.68 bits per heavy atom. The Hall–Kier alpha value is -2.74. The molecule has 7 nitrogen and oxygen atoms in total. The molecule has 0 bridgehead atoms. The number of nitrogens with zero attached hydrogens (tertiary/aromatic N) is 2. The van der Waals surface area contributed by atoms with E-state index in [0.29, 0.717) is 35.4 Å².